The predicted molar refractivity (Wildman–Crippen MR) is 91.0 cm³/mol. The smallest absolute Gasteiger partial charge is 0.209 e. The molecule has 1 heterocycles. The number of hydrogen-bond acceptors (Lipinski definition) is 1. The summed E-state index contributed by atoms with van der Waals surface area (Å²) in [7, 11) is 0. The molecule has 1 aromatic heterocycles. The molecule has 0 amide bonds. The number of aromatic amines is 1. The lowest BCUT2D eigenvalue weighted by atomic mass is 10.00. The van der Waals surface area contributed by atoms with Crippen molar-refractivity contribution in [3.05, 3.63) is 60.2 Å². The van der Waals surface area contributed by atoms with Crippen molar-refractivity contribution >= 4 is 45.7 Å². The highest BCUT2D eigenvalue weighted by molar-refractivity contribution is 6.68. The molecule has 3 aromatic rings. The summed E-state index contributed by atoms with van der Waals surface area (Å²) < 4.78 is -1.57. The van der Waals surface area contributed by atoms with Gasteiger partial charge in [-0.1, -0.05) is 83.3 Å². The average Bonchev–Trinajstić information content (AvgIpc) is 2.85. The Kier molecular flexibility index (Phi) is 3.89. The maximum Gasteiger partial charge on any atom is 0.209 e. The highest BCUT2D eigenvalue weighted by Gasteiger charge is 2.34. The van der Waals surface area contributed by atoms with Crippen LogP contribution in [0.25, 0.3) is 22.2 Å². The highest BCUT2D eigenvalue weighted by atomic mass is 35.6. The number of para-hydroxylation sites is 1. The lowest BCUT2D eigenvalue weighted by Gasteiger charge is -2.21. The summed E-state index contributed by atoms with van der Waals surface area (Å²) in [6.45, 7) is 0. The molecular formula is C16H13Cl3N2. The van der Waals surface area contributed by atoms with Crippen LogP contribution in [0.5, 0.6) is 0 Å². The van der Waals surface area contributed by atoms with Gasteiger partial charge in [0.1, 0.15) is 0 Å². The maximum atomic E-state index is 6.20. The van der Waals surface area contributed by atoms with E-state index in [9.17, 15) is 0 Å². The van der Waals surface area contributed by atoms with Gasteiger partial charge in [-0.05, 0) is 11.6 Å². The molecule has 3 rings (SSSR count). The Hall–Kier alpha value is -1.19. The van der Waals surface area contributed by atoms with Crippen molar-refractivity contribution in [3.8, 4) is 11.3 Å². The summed E-state index contributed by atoms with van der Waals surface area (Å²) >= 11 is 18.1. The van der Waals surface area contributed by atoms with Gasteiger partial charge in [0.05, 0.1) is 11.7 Å². The van der Waals surface area contributed by atoms with E-state index < -0.39 is 9.83 Å². The number of aromatic nitrogens is 1. The van der Waals surface area contributed by atoms with Gasteiger partial charge in [-0.15, -0.1) is 0 Å². The average molecular weight is 340 g/mol. The molecule has 0 aliphatic carbocycles. The molecule has 0 fully saturated rings. The second kappa shape index (κ2) is 5.54. The standard InChI is InChI=1S/C16H13Cl3N2/c17-16(18,19)15(20)13-11-8-4-5-9-12(11)21-14(13)10-6-2-1-3-7-10/h1-9,15,21H,20H2. The summed E-state index contributed by atoms with van der Waals surface area (Å²) in [4.78, 5) is 3.38. The predicted octanol–water partition coefficient (Wildman–Crippen LogP) is 5.20. The summed E-state index contributed by atoms with van der Waals surface area (Å²) in [6.07, 6.45) is 0. The third-order valence-corrected chi connectivity index (χ3v) is 4.18. The molecule has 3 N–H and O–H groups in total. The first-order chi connectivity index (χ1) is 9.98. The molecular weight excluding hydrogens is 327 g/mol. The molecule has 0 saturated carbocycles. The minimum absolute atomic E-state index is 0.728. The van der Waals surface area contributed by atoms with Gasteiger partial charge in [-0.25, -0.2) is 0 Å². The summed E-state index contributed by atoms with van der Waals surface area (Å²) in [5.74, 6) is 0. The molecule has 0 aliphatic rings. The first kappa shape index (κ1) is 14.7. The number of rotatable bonds is 2. The van der Waals surface area contributed by atoms with Crippen LogP contribution in [-0.4, -0.2) is 8.78 Å². The van der Waals surface area contributed by atoms with Crippen molar-refractivity contribution < 1.29 is 0 Å². The molecule has 21 heavy (non-hydrogen) atoms. The highest BCUT2D eigenvalue weighted by Crippen LogP contribution is 2.44. The van der Waals surface area contributed by atoms with Crippen molar-refractivity contribution in [1.29, 1.82) is 0 Å². The largest absolute Gasteiger partial charge is 0.354 e. The van der Waals surface area contributed by atoms with Crippen molar-refractivity contribution in [1.82, 2.24) is 4.98 Å². The molecule has 5 heteroatoms. The SMILES string of the molecule is NC(c1c(-c2ccccc2)[nH]c2ccccc12)C(Cl)(Cl)Cl. The molecule has 1 unspecified atom stereocenters. The van der Waals surface area contributed by atoms with Gasteiger partial charge >= 0.3 is 0 Å². The Morgan fingerprint density at radius 2 is 1.52 bits per heavy atom. The summed E-state index contributed by atoms with van der Waals surface area (Å²) in [6, 6.07) is 17.0. The number of halogens is 3. The second-order valence-electron chi connectivity index (χ2n) is 4.84. The number of benzene rings is 2. The Balaban J connectivity index is 2.29. The molecule has 0 aliphatic heterocycles. The zero-order chi connectivity index (χ0) is 15.0. The normalized spacial score (nSPS) is 13.5. The Bertz CT molecular complexity index is 760. The number of hydrogen-bond donors (Lipinski definition) is 2. The number of fused-ring (bicyclic) bond motifs is 1. The number of nitrogens with one attached hydrogen (secondary N) is 1. The van der Waals surface area contributed by atoms with E-state index in [0.29, 0.717) is 0 Å². The van der Waals surface area contributed by atoms with Crippen LogP contribution in [0.2, 0.25) is 0 Å². The Morgan fingerprint density at radius 1 is 0.905 bits per heavy atom. The fourth-order valence-corrected chi connectivity index (χ4v) is 2.81. The van der Waals surface area contributed by atoms with E-state index in [1.807, 2.05) is 54.6 Å². The fraction of sp³-hybridized carbons (Fsp3) is 0.125. The van der Waals surface area contributed by atoms with E-state index in [4.69, 9.17) is 40.5 Å². The van der Waals surface area contributed by atoms with Crippen LogP contribution in [0.1, 0.15) is 11.6 Å². The van der Waals surface area contributed by atoms with Crippen LogP contribution in [0, 0.1) is 0 Å². The van der Waals surface area contributed by atoms with Crippen molar-refractivity contribution in [2.24, 2.45) is 5.73 Å². The van der Waals surface area contributed by atoms with E-state index in [0.717, 1.165) is 27.7 Å². The molecule has 2 aromatic carbocycles. The van der Waals surface area contributed by atoms with Crippen molar-refractivity contribution in [3.63, 3.8) is 0 Å². The topological polar surface area (TPSA) is 41.8 Å². The summed E-state index contributed by atoms with van der Waals surface area (Å²) in [5, 5.41) is 0.968. The van der Waals surface area contributed by atoms with Gasteiger partial charge in [0.15, 0.2) is 0 Å². The van der Waals surface area contributed by atoms with Gasteiger partial charge in [-0.3, -0.25) is 0 Å². The number of H-pyrrole nitrogens is 1. The van der Waals surface area contributed by atoms with Gasteiger partial charge < -0.3 is 10.7 Å². The Morgan fingerprint density at radius 3 is 2.19 bits per heavy atom. The first-order valence-corrected chi connectivity index (χ1v) is 7.60. The van der Waals surface area contributed by atoms with E-state index in [2.05, 4.69) is 4.98 Å². The van der Waals surface area contributed by atoms with E-state index >= 15 is 0 Å². The molecule has 0 spiro atoms. The quantitative estimate of drug-likeness (QED) is 0.619. The van der Waals surface area contributed by atoms with Crippen molar-refractivity contribution in [2.75, 3.05) is 0 Å². The maximum absolute atomic E-state index is 6.20. The van der Waals surface area contributed by atoms with E-state index in [1.54, 1.807) is 0 Å². The van der Waals surface area contributed by atoms with Crippen LogP contribution in [-0.2, 0) is 0 Å². The molecule has 0 saturated heterocycles. The number of alkyl halides is 3. The van der Waals surface area contributed by atoms with Gasteiger partial charge in [0.25, 0.3) is 0 Å². The van der Waals surface area contributed by atoms with Gasteiger partial charge in [-0.2, -0.15) is 0 Å². The number of nitrogens with two attached hydrogens (primary N) is 1. The molecule has 0 radical (unpaired) electrons. The van der Waals surface area contributed by atoms with Crippen LogP contribution >= 0.6 is 34.8 Å². The third-order valence-electron chi connectivity index (χ3n) is 3.47. The van der Waals surface area contributed by atoms with E-state index in [1.165, 1.54) is 0 Å². The minimum atomic E-state index is -1.57. The van der Waals surface area contributed by atoms with Gasteiger partial charge in [0.2, 0.25) is 3.79 Å². The lowest BCUT2D eigenvalue weighted by molar-refractivity contribution is 0.756. The van der Waals surface area contributed by atoms with Crippen LogP contribution in [0.15, 0.2) is 54.6 Å². The third kappa shape index (κ3) is 2.77. The minimum Gasteiger partial charge on any atom is -0.354 e. The Labute approximate surface area is 137 Å². The zero-order valence-corrected chi connectivity index (χ0v) is 13.3. The molecule has 2 nitrogen and oxygen atoms in total. The fourth-order valence-electron chi connectivity index (χ4n) is 2.48. The first-order valence-electron chi connectivity index (χ1n) is 6.47. The molecule has 0 bridgehead atoms. The molecule has 108 valence electrons. The summed E-state index contributed by atoms with van der Waals surface area (Å²) in [5.41, 5.74) is 9.88. The van der Waals surface area contributed by atoms with Crippen LogP contribution in [0.3, 0.4) is 0 Å². The molecule has 1 atom stereocenters. The van der Waals surface area contributed by atoms with Crippen molar-refractivity contribution in [2.45, 2.75) is 9.83 Å². The van der Waals surface area contributed by atoms with E-state index in [-0.39, 0.29) is 0 Å². The lowest BCUT2D eigenvalue weighted by Crippen LogP contribution is -2.25. The van der Waals surface area contributed by atoms with Gasteiger partial charge in [0, 0.05) is 16.5 Å². The zero-order valence-electron chi connectivity index (χ0n) is 11.0. The van der Waals surface area contributed by atoms with Crippen LogP contribution < -0.4 is 5.73 Å². The second-order valence-corrected chi connectivity index (χ2v) is 7.21. The monoisotopic (exact) mass is 338 g/mol. The van der Waals surface area contributed by atoms with Crippen LogP contribution in [0.4, 0.5) is 0 Å².